The summed E-state index contributed by atoms with van der Waals surface area (Å²) in [6.07, 6.45) is 6.85. The van der Waals surface area contributed by atoms with Crippen LogP contribution in [-0.4, -0.2) is 41.3 Å². The summed E-state index contributed by atoms with van der Waals surface area (Å²) in [5, 5.41) is 2.80. The van der Waals surface area contributed by atoms with Crippen molar-refractivity contribution in [2.75, 3.05) is 19.6 Å². The summed E-state index contributed by atoms with van der Waals surface area (Å²) < 4.78 is 0. The lowest BCUT2D eigenvalue weighted by Gasteiger charge is -2.27. The lowest BCUT2D eigenvalue weighted by molar-refractivity contribution is -0.130. The van der Waals surface area contributed by atoms with E-state index >= 15 is 0 Å². The average Bonchev–Trinajstić information content (AvgIpc) is 2.69. The van der Waals surface area contributed by atoms with Gasteiger partial charge in [0, 0.05) is 44.0 Å². The van der Waals surface area contributed by atoms with Gasteiger partial charge in [-0.15, -0.1) is 0 Å². The fourth-order valence-electron chi connectivity index (χ4n) is 2.86. The highest BCUT2D eigenvalue weighted by atomic mass is 16.2. The first-order valence-corrected chi connectivity index (χ1v) is 8.44. The van der Waals surface area contributed by atoms with E-state index in [1.807, 2.05) is 35.2 Å². The normalized spacial score (nSPS) is 13.9. The lowest BCUT2D eigenvalue weighted by Crippen LogP contribution is -2.37. The Morgan fingerprint density at radius 2 is 1.84 bits per heavy atom. The van der Waals surface area contributed by atoms with Gasteiger partial charge in [0.1, 0.15) is 0 Å². The number of nitrogens with one attached hydrogen (secondary N) is 1. The van der Waals surface area contributed by atoms with Crippen LogP contribution in [0.5, 0.6) is 0 Å². The molecule has 5 nitrogen and oxygen atoms in total. The Bertz CT molecular complexity index is 757. The van der Waals surface area contributed by atoms with Gasteiger partial charge in [-0.1, -0.05) is 24.3 Å². The molecule has 0 atom stereocenters. The summed E-state index contributed by atoms with van der Waals surface area (Å²) in [6, 6.07) is 12.9. The van der Waals surface area contributed by atoms with Gasteiger partial charge in [-0.25, -0.2) is 0 Å². The van der Waals surface area contributed by atoms with E-state index in [9.17, 15) is 9.59 Å². The van der Waals surface area contributed by atoms with Crippen molar-refractivity contribution < 1.29 is 9.59 Å². The molecule has 0 bridgehead atoms. The Morgan fingerprint density at radius 1 is 1.08 bits per heavy atom. The molecule has 0 aliphatic carbocycles. The molecule has 1 aromatic carbocycles. The maximum Gasteiger partial charge on any atom is 0.251 e. The molecule has 1 aliphatic rings. The average molecular weight is 335 g/mol. The number of aromatic nitrogens is 1. The van der Waals surface area contributed by atoms with Gasteiger partial charge in [0.05, 0.1) is 0 Å². The van der Waals surface area contributed by atoms with Crippen LogP contribution >= 0.6 is 0 Å². The second kappa shape index (κ2) is 8.24. The molecule has 5 heteroatoms. The highest BCUT2D eigenvalue weighted by molar-refractivity contribution is 5.94. The fraction of sp³-hybridized carbons (Fsp3) is 0.250. The number of carbonyl (C=O) groups excluding carboxylic acids is 2. The Labute approximate surface area is 147 Å². The summed E-state index contributed by atoms with van der Waals surface area (Å²) >= 11 is 0. The van der Waals surface area contributed by atoms with Crippen LogP contribution in [0.1, 0.15) is 28.8 Å². The molecule has 0 radical (unpaired) electrons. The number of rotatable bonds is 5. The van der Waals surface area contributed by atoms with Gasteiger partial charge in [0.25, 0.3) is 5.91 Å². The van der Waals surface area contributed by atoms with E-state index in [4.69, 9.17) is 0 Å². The quantitative estimate of drug-likeness (QED) is 0.913. The van der Waals surface area contributed by atoms with Crippen LogP contribution in [0.15, 0.2) is 60.9 Å². The number of amides is 2. The molecule has 2 amide bonds. The summed E-state index contributed by atoms with van der Waals surface area (Å²) in [5.41, 5.74) is 2.86. The van der Waals surface area contributed by atoms with E-state index < -0.39 is 0 Å². The molecule has 2 heterocycles. The van der Waals surface area contributed by atoms with E-state index in [1.54, 1.807) is 24.5 Å². The molecular weight excluding hydrogens is 314 g/mol. The summed E-state index contributed by atoms with van der Waals surface area (Å²) in [4.78, 5) is 30.3. The zero-order valence-corrected chi connectivity index (χ0v) is 14.0. The molecule has 0 unspecified atom stereocenters. The molecule has 3 rings (SSSR count). The van der Waals surface area contributed by atoms with Crippen LogP contribution in [0.25, 0.3) is 5.57 Å². The topological polar surface area (TPSA) is 62.3 Å². The Morgan fingerprint density at radius 3 is 2.60 bits per heavy atom. The first kappa shape index (κ1) is 16.9. The van der Waals surface area contributed by atoms with Gasteiger partial charge in [0.2, 0.25) is 5.91 Å². The Kier molecular flexibility index (Phi) is 5.57. The van der Waals surface area contributed by atoms with Crippen LogP contribution in [0.2, 0.25) is 0 Å². The number of pyridine rings is 1. The third-order valence-corrected chi connectivity index (χ3v) is 4.22. The van der Waals surface area contributed by atoms with Crippen molar-refractivity contribution >= 4 is 17.4 Å². The Hall–Kier alpha value is -2.95. The molecule has 0 fully saturated rings. The molecule has 2 aromatic rings. The van der Waals surface area contributed by atoms with Gasteiger partial charge in [-0.05, 0) is 41.8 Å². The maximum absolute atomic E-state index is 12.4. The summed E-state index contributed by atoms with van der Waals surface area (Å²) in [7, 11) is 0. The van der Waals surface area contributed by atoms with Crippen molar-refractivity contribution in [3.63, 3.8) is 0 Å². The molecule has 1 aliphatic heterocycles. The van der Waals surface area contributed by atoms with Crippen molar-refractivity contribution in [2.45, 2.75) is 12.8 Å². The molecule has 1 aromatic heterocycles. The van der Waals surface area contributed by atoms with Crippen LogP contribution in [0.3, 0.4) is 0 Å². The van der Waals surface area contributed by atoms with Gasteiger partial charge >= 0.3 is 0 Å². The number of benzene rings is 1. The van der Waals surface area contributed by atoms with Gasteiger partial charge in [-0.2, -0.15) is 0 Å². The van der Waals surface area contributed by atoms with Crippen LogP contribution in [-0.2, 0) is 4.79 Å². The number of nitrogens with zero attached hydrogens (tertiary/aromatic N) is 2. The molecule has 1 N–H and O–H groups in total. The standard InChI is InChI=1S/C20H21N3O2/c24-19(10-13-22-20(25)17-5-2-1-3-6-17)23-14-4-7-18(15-23)16-8-11-21-12-9-16/h1-3,5-9,11-12H,4,10,13-15H2,(H,22,25). The zero-order valence-electron chi connectivity index (χ0n) is 14.0. The zero-order chi connectivity index (χ0) is 17.5. The first-order chi connectivity index (χ1) is 12.2. The van der Waals surface area contributed by atoms with E-state index in [0.717, 1.165) is 24.1 Å². The second-order valence-electron chi connectivity index (χ2n) is 5.94. The maximum atomic E-state index is 12.4. The van der Waals surface area contributed by atoms with E-state index in [1.165, 1.54) is 0 Å². The number of hydrogen-bond donors (Lipinski definition) is 1. The van der Waals surface area contributed by atoms with E-state index in [2.05, 4.69) is 16.4 Å². The van der Waals surface area contributed by atoms with Crippen molar-refractivity contribution in [3.8, 4) is 0 Å². The molecule has 0 saturated carbocycles. The Balaban J connectivity index is 1.49. The monoisotopic (exact) mass is 335 g/mol. The van der Waals surface area contributed by atoms with E-state index in [-0.39, 0.29) is 11.8 Å². The van der Waals surface area contributed by atoms with Gasteiger partial charge < -0.3 is 10.2 Å². The van der Waals surface area contributed by atoms with Crippen LogP contribution in [0, 0.1) is 0 Å². The first-order valence-electron chi connectivity index (χ1n) is 8.44. The van der Waals surface area contributed by atoms with Gasteiger partial charge in [-0.3, -0.25) is 14.6 Å². The minimum Gasteiger partial charge on any atom is -0.352 e. The third kappa shape index (κ3) is 4.53. The van der Waals surface area contributed by atoms with Crippen molar-refractivity contribution in [1.29, 1.82) is 0 Å². The molecule has 0 saturated heterocycles. The third-order valence-electron chi connectivity index (χ3n) is 4.22. The van der Waals surface area contributed by atoms with E-state index in [0.29, 0.717) is 25.1 Å². The minimum absolute atomic E-state index is 0.0630. The molecule has 0 spiro atoms. The van der Waals surface area contributed by atoms with Crippen molar-refractivity contribution in [3.05, 3.63) is 72.1 Å². The molecule has 25 heavy (non-hydrogen) atoms. The second-order valence-corrected chi connectivity index (χ2v) is 5.94. The lowest BCUT2D eigenvalue weighted by atomic mass is 10.0. The summed E-state index contributed by atoms with van der Waals surface area (Å²) in [5.74, 6) is -0.0857. The van der Waals surface area contributed by atoms with Crippen LogP contribution in [0.4, 0.5) is 0 Å². The van der Waals surface area contributed by atoms with Crippen LogP contribution < -0.4 is 5.32 Å². The number of carbonyl (C=O) groups is 2. The SMILES string of the molecule is O=C(NCCC(=O)N1CCC=C(c2ccncc2)C1)c1ccccc1. The van der Waals surface area contributed by atoms with Crippen molar-refractivity contribution in [1.82, 2.24) is 15.2 Å². The minimum atomic E-state index is -0.149. The highest BCUT2D eigenvalue weighted by Crippen LogP contribution is 2.20. The predicted octanol–water partition coefficient (Wildman–Crippen LogP) is 2.52. The fourth-order valence-corrected chi connectivity index (χ4v) is 2.86. The predicted molar refractivity (Wildman–Crippen MR) is 96.8 cm³/mol. The van der Waals surface area contributed by atoms with Gasteiger partial charge in [0.15, 0.2) is 0 Å². The molecular formula is C20H21N3O2. The highest BCUT2D eigenvalue weighted by Gasteiger charge is 2.19. The number of hydrogen-bond acceptors (Lipinski definition) is 3. The largest absolute Gasteiger partial charge is 0.352 e. The van der Waals surface area contributed by atoms with Crippen molar-refractivity contribution in [2.24, 2.45) is 0 Å². The molecule has 128 valence electrons. The summed E-state index contributed by atoms with van der Waals surface area (Å²) in [6.45, 7) is 1.67. The smallest absolute Gasteiger partial charge is 0.251 e.